The van der Waals surface area contributed by atoms with Gasteiger partial charge in [0.1, 0.15) is 0 Å². The van der Waals surface area contributed by atoms with Crippen LogP contribution < -0.4 is 0 Å². The molecule has 56 valence electrons. The Labute approximate surface area is 61.5 Å². The smallest absolute Gasteiger partial charge is 0.223 e. The van der Waals surface area contributed by atoms with Crippen LogP contribution in [0.15, 0.2) is 12.2 Å². The minimum absolute atomic E-state index is 0.285. The van der Waals surface area contributed by atoms with Crippen molar-refractivity contribution in [3.8, 4) is 0 Å². The second-order valence-corrected chi connectivity index (χ2v) is 2.52. The van der Waals surface area contributed by atoms with Crippen molar-refractivity contribution < 1.29 is 4.79 Å². The first-order valence-electron chi connectivity index (χ1n) is 3.77. The molecule has 1 aliphatic heterocycles. The van der Waals surface area contributed by atoms with Crippen molar-refractivity contribution >= 4 is 5.91 Å². The highest BCUT2D eigenvalue weighted by atomic mass is 16.2. The van der Waals surface area contributed by atoms with Crippen LogP contribution in [0, 0.1) is 0 Å². The van der Waals surface area contributed by atoms with E-state index in [9.17, 15) is 4.79 Å². The highest BCUT2D eigenvalue weighted by Crippen LogP contribution is 2.02. The molecule has 2 nitrogen and oxygen atoms in total. The zero-order valence-electron chi connectivity index (χ0n) is 6.34. The summed E-state index contributed by atoms with van der Waals surface area (Å²) in [6, 6.07) is 0. The number of nitrogens with zero attached hydrogens (tertiary/aromatic N) is 1. The molecule has 0 radical (unpaired) electrons. The lowest BCUT2D eigenvalue weighted by Gasteiger charge is -2.13. The Balaban J connectivity index is 2.28. The molecule has 0 spiro atoms. The van der Waals surface area contributed by atoms with Gasteiger partial charge in [0.25, 0.3) is 0 Å². The van der Waals surface area contributed by atoms with Gasteiger partial charge in [-0.2, -0.15) is 0 Å². The van der Waals surface area contributed by atoms with Gasteiger partial charge in [-0.05, 0) is 6.42 Å². The quantitative estimate of drug-likeness (QED) is 0.526. The van der Waals surface area contributed by atoms with Crippen molar-refractivity contribution in [1.29, 1.82) is 0 Å². The normalized spacial score (nSPS) is 16.3. The Morgan fingerprint density at radius 3 is 2.60 bits per heavy atom. The highest BCUT2D eigenvalue weighted by Gasteiger charge is 2.11. The standard InChI is InChI=1S/C8H13NO/c1-2-5-8(10)9-6-3-4-7-9/h3-4H,2,5-7H2,1H3. The first kappa shape index (κ1) is 7.32. The summed E-state index contributed by atoms with van der Waals surface area (Å²) in [6.45, 7) is 3.67. The summed E-state index contributed by atoms with van der Waals surface area (Å²) in [5.41, 5.74) is 0. The van der Waals surface area contributed by atoms with Gasteiger partial charge >= 0.3 is 0 Å². The summed E-state index contributed by atoms with van der Waals surface area (Å²) < 4.78 is 0. The predicted molar refractivity (Wildman–Crippen MR) is 40.6 cm³/mol. The lowest BCUT2D eigenvalue weighted by atomic mass is 10.3. The summed E-state index contributed by atoms with van der Waals surface area (Å²) in [5, 5.41) is 0. The Bertz CT molecular complexity index is 143. The number of hydrogen-bond donors (Lipinski definition) is 0. The molecule has 1 amide bonds. The Morgan fingerprint density at radius 1 is 1.50 bits per heavy atom. The molecule has 0 saturated heterocycles. The zero-order chi connectivity index (χ0) is 7.40. The van der Waals surface area contributed by atoms with E-state index in [2.05, 4.69) is 0 Å². The zero-order valence-corrected chi connectivity index (χ0v) is 6.34. The molecule has 2 heteroatoms. The molecule has 0 aromatic rings. The molecule has 1 aliphatic rings. The van der Waals surface area contributed by atoms with Gasteiger partial charge in [-0.15, -0.1) is 0 Å². The van der Waals surface area contributed by atoms with Crippen LogP contribution in [0.25, 0.3) is 0 Å². The fourth-order valence-corrected chi connectivity index (χ4v) is 1.05. The molecule has 1 heterocycles. The van der Waals surface area contributed by atoms with Crippen molar-refractivity contribution in [2.45, 2.75) is 19.8 Å². The van der Waals surface area contributed by atoms with Gasteiger partial charge in [0.15, 0.2) is 0 Å². The molecule has 0 aromatic carbocycles. The van der Waals surface area contributed by atoms with Gasteiger partial charge in [-0.3, -0.25) is 4.79 Å². The minimum Gasteiger partial charge on any atom is -0.335 e. The SMILES string of the molecule is CCCC(=O)N1CC=CC1. The van der Waals surface area contributed by atoms with Gasteiger partial charge in [0, 0.05) is 19.5 Å². The molecule has 0 bridgehead atoms. The van der Waals surface area contributed by atoms with Crippen LogP contribution >= 0.6 is 0 Å². The second-order valence-electron chi connectivity index (χ2n) is 2.52. The number of carbonyl (C=O) groups is 1. The van der Waals surface area contributed by atoms with Crippen molar-refractivity contribution in [3.63, 3.8) is 0 Å². The number of carbonyl (C=O) groups excluding carboxylic acids is 1. The molecule has 0 atom stereocenters. The van der Waals surface area contributed by atoms with Crippen molar-refractivity contribution in [2.75, 3.05) is 13.1 Å². The first-order valence-corrected chi connectivity index (χ1v) is 3.77. The molecule has 0 aliphatic carbocycles. The third-order valence-corrected chi connectivity index (χ3v) is 1.63. The van der Waals surface area contributed by atoms with E-state index >= 15 is 0 Å². The second kappa shape index (κ2) is 3.40. The Kier molecular flexibility index (Phi) is 2.49. The average molecular weight is 139 g/mol. The Hall–Kier alpha value is -0.790. The van der Waals surface area contributed by atoms with Crippen molar-refractivity contribution in [3.05, 3.63) is 12.2 Å². The average Bonchev–Trinajstić information content (AvgIpc) is 2.38. The summed E-state index contributed by atoms with van der Waals surface area (Å²) in [4.78, 5) is 13.0. The van der Waals surface area contributed by atoms with E-state index < -0.39 is 0 Å². The van der Waals surface area contributed by atoms with Gasteiger partial charge in [0.05, 0.1) is 0 Å². The van der Waals surface area contributed by atoms with E-state index in [1.54, 1.807) is 0 Å². The molecule has 10 heavy (non-hydrogen) atoms. The van der Waals surface area contributed by atoms with Crippen LogP contribution in [0.4, 0.5) is 0 Å². The van der Waals surface area contributed by atoms with Gasteiger partial charge < -0.3 is 4.90 Å². The van der Waals surface area contributed by atoms with E-state index in [0.29, 0.717) is 6.42 Å². The van der Waals surface area contributed by atoms with Gasteiger partial charge in [-0.1, -0.05) is 19.1 Å². The maximum Gasteiger partial charge on any atom is 0.223 e. The third kappa shape index (κ3) is 1.59. The molecular weight excluding hydrogens is 126 g/mol. The largest absolute Gasteiger partial charge is 0.335 e. The van der Waals surface area contributed by atoms with E-state index in [-0.39, 0.29) is 5.91 Å². The van der Waals surface area contributed by atoms with Gasteiger partial charge in [0.2, 0.25) is 5.91 Å². The summed E-state index contributed by atoms with van der Waals surface area (Å²) in [6.07, 6.45) is 5.72. The summed E-state index contributed by atoms with van der Waals surface area (Å²) in [5.74, 6) is 0.285. The number of rotatable bonds is 2. The maximum atomic E-state index is 11.1. The monoisotopic (exact) mass is 139 g/mol. The summed E-state index contributed by atoms with van der Waals surface area (Å²) in [7, 11) is 0. The predicted octanol–water partition coefficient (Wildman–Crippen LogP) is 1.18. The fraction of sp³-hybridized carbons (Fsp3) is 0.625. The molecule has 0 aromatic heterocycles. The molecular formula is C8H13NO. The minimum atomic E-state index is 0.285. The van der Waals surface area contributed by atoms with Gasteiger partial charge in [-0.25, -0.2) is 0 Å². The lowest BCUT2D eigenvalue weighted by Crippen LogP contribution is -2.27. The third-order valence-electron chi connectivity index (χ3n) is 1.63. The first-order chi connectivity index (χ1) is 4.84. The molecule has 0 unspecified atom stereocenters. The fourth-order valence-electron chi connectivity index (χ4n) is 1.05. The van der Waals surface area contributed by atoms with E-state index in [1.165, 1.54) is 0 Å². The Morgan fingerprint density at radius 2 is 2.10 bits per heavy atom. The van der Waals surface area contributed by atoms with Crippen LogP contribution in [0.3, 0.4) is 0 Å². The van der Waals surface area contributed by atoms with Crippen molar-refractivity contribution in [2.24, 2.45) is 0 Å². The van der Waals surface area contributed by atoms with Crippen LogP contribution in [0.5, 0.6) is 0 Å². The van der Waals surface area contributed by atoms with Crippen LogP contribution in [-0.4, -0.2) is 23.9 Å². The number of amides is 1. The molecule has 0 N–H and O–H groups in total. The van der Waals surface area contributed by atoms with E-state index in [1.807, 2.05) is 24.0 Å². The summed E-state index contributed by atoms with van der Waals surface area (Å²) >= 11 is 0. The van der Waals surface area contributed by atoms with Crippen LogP contribution in [0.1, 0.15) is 19.8 Å². The molecule has 1 rings (SSSR count). The van der Waals surface area contributed by atoms with E-state index in [0.717, 1.165) is 19.5 Å². The van der Waals surface area contributed by atoms with Crippen molar-refractivity contribution in [1.82, 2.24) is 4.90 Å². The van der Waals surface area contributed by atoms with Crippen LogP contribution in [-0.2, 0) is 4.79 Å². The topological polar surface area (TPSA) is 20.3 Å². The number of hydrogen-bond acceptors (Lipinski definition) is 1. The highest BCUT2D eigenvalue weighted by molar-refractivity contribution is 5.76. The maximum absolute atomic E-state index is 11.1. The molecule has 0 saturated carbocycles. The lowest BCUT2D eigenvalue weighted by molar-refractivity contribution is -0.129. The molecule has 0 fully saturated rings. The van der Waals surface area contributed by atoms with E-state index in [4.69, 9.17) is 0 Å². The van der Waals surface area contributed by atoms with Crippen LogP contribution in [0.2, 0.25) is 0 Å².